The summed E-state index contributed by atoms with van der Waals surface area (Å²) in [5.74, 6) is -2.32. The standard InChI is InChI=1S/C11H15F2NO2S/c1-7(5-6-14)8-3-4-9(12)11(10(8)13)17(2,15)16/h3-4,7H,5-6,14H2,1-2H3. The molecule has 2 N–H and O–H groups in total. The zero-order chi connectivity index (χ0) is 13.2. The van der Waals surface area contributed by atoms with Crippen molar-refractivity contribution in [2.45, 2.75) is 24.2 Å². The molecule has 0 aliphatic rings. The Labute approximate surface area is 99.6 Å². The fraction of sp³-hybridized carbons (Fsp3) is 0.455. The molecule has 0 spiro atoms. The van der Waals surface area contributed by atoms with E-state index in [2.05, 4.69) is 0 Å². The largest absolute Gasteiger partial charge is 0.330 e. The predicted octanol–water partition coefficient (Wildman–Crippen LogP) is 1.82. The highest BCUT2D eigenvalue weighted by Crippen LogP contribution is 2.28. The van der Waals surface area contributed by atoms with Crippen LogP contribution >= 0.6 is 0 Å². The third kappa shape index (κ3) is 3.01. The van der Waals surface area contributed by atoms with Crippen LogP contribution < -0.4 is 5.73 Å². The number of hydrogen-bond donors (Lipinski definition) is 1. The van der Waals surface area contributed by atoms with Gasteiger partial charge < -0.3 is 5.73 Å². The zero-order valence-electron chi connectivity index (χ0n) is 9.70. The topological polar surface area (TPSA) is 60.2 Å². The Hall–Kier alpha value is -1.01. The SMILES string of the molecule is CC(CCN)c1ccc(F)c(S(C)(=O)=O)c1F. The summed E-state index contributed by atoms with van der Waals surface area (Å²) in [7, 11) is -3.92. The van der Waals surface area contributed by atoms with Gasteiger partial charge in [-0.05, 0) is 30.5 Å². The van der Waals surface area contributed by atoms with Gasteiger partial charge in [-0.2, -0.15) is 0 Å². The van der Waals surface area contributed by atoms with Crippen molar-refractivity contribution in [3.05, 3.63) is 29.3 Å². The van der Waals surface area contributed by atoms with E-state index in [9.17, 15) is 17.2 Å². The molecule has 3 nitrogen and oxygen atoms in total. The number of hydrogen-bond acceptors (Lipinski definition) is 3. The molecule has 1 unspecified atom stereocenters. The third-order valence-electron chi connectivity index (χ3n) is 2.58. The lowest BCUT2D eigenvalue weighted by Gasteiger charge is -2.14. The highest BCUT2D eigenvalue weighted by molar-refractivity contribution is 7.90. The smallest absolute Gasteiger partial charge is 0.181 e. The molecule has 0 saturated carbocycles. The Bertz CT molecular complexity index is 514. The van der Waals surface area contributed by atoms with Crippen LogP contribution in [0.25, 0.3) is 0 Å². The lowest BCUT2D eigenvalue weighted by Crippen LogP contribution is -2.11. The maximum atomic E-state index is 13.9. The highest BCUT2D eigenvalue weighted by Gasteiger charge is 2.24. The van der Waals surface area contributed by atoms with Crippen molar-refractivity contribution in [3.8, 4) is 0 Å². The van der Waals surface area contributed by atoms with Crippen LogP contribution in [0.2, 0.25) is 0 Å². The van der Waals surface area contributed by atoms with Crippen LogP contribution in [-0.2, 0) is 9.84 Å². The van der Waals surface area contributed by atoms with Gasteiger partial charge in [0.05, 0.1) is 0 Å². The van der Waals surface area contributed by atoms with Gasteiger partial charge in [0.25, 0.3) is 0 Å². The van der Waals surface area contributed by atoms with Crippen molar-refractivity contribution in [1.29, 1.82) is 0 Å². The maximum absolute atomic E-state index is 13.9. The maximum Gasteiger partial charge on any atom is 0.181 e. The monoisotopic (exact) mass is 263 g/mol. The van der Waals surface area contributed by atoms with Crippen molar-refractivity contribution >= 4 is 9.84 Å². The quantitative estimate of drug-likeness (QED) is 0.901. The minimum absolute atomic E-state index is 0.178. The average molecular weight is 263 g/mol. The van der Waals surface area contributed by atoms with Gasteiger partial charge in [0.2, 0.25) is 0 Å². The van der Waals surface area contributed by atoms with Crippen molar-refractivity contribution in [1.82, 2.24) is 0 Å². The fourth-order valence-electron chi connectivity index (χ4n) is 1.67. The second-order valence-corrected chi connectivity index (χ2v) is 5.98. The first-order valence-corrected chi connectivity index (χ1v) is 7.06. The number of rotatable bonds is 4. The Kier molecular flexibility index (Phi) is 4.21. The molecule has 0 aliphatic carbocycles. The Morgan fingerprint density at radius 3 is 2.41 bits per heavy atom. The summed E-state index contributed by atoms with van der Waals surface area (Å²) in [4.78, 5) is -0.862. The number of nitrogens with two attached hydrogens (primary N) is 1. The Morgan fingerprint density at radius 2 is 1.94 bits per heavy atom. The molecule has 0 amide bonds. The number of sulfone groups is 1. The van der Waals surface area contributed by atoms with Crippen LogP contribution in [0, 0.1) is 11.6 Å². The second kappa shape index (κ2) is 5.10. The van der Waals surface area contributed by atoms with E-state index in [0.717, 1.165) is 12.3 Å². The van der Waals surface area contributed by atoms with Crippen molar-refractivity contribution in [3.63, 3.8) is 0 Å². The first kappa shape index (κ1) is 14.1. The van der Waals surface area contributed by atoms with Crippen LogP contribution in [0.4, 0.5) is 8.78 Å². The molecule has 0 aliphatic heterocycles. The summed E-state index contributed by atoms with van der Waals surface area (Å²) in [6, 6.07) is 2.24. The molecule has 6 heteroatoms. The Balaban J connectivity index is 3.39. The minimum atomic E-state index is -3.92. The molecule has 1 aromatic rings. The lowest BCUT2D eigenvalue weighted by atomic mass is 9.97. The molecule has 0 radical (unpaired) electrons. The molecule has 17 heavy (non-hydrogen) atoms. The van der Waals surface area contributed by atoms with Gasteiger partial charge in [-0.15, -0.1) is 0 Å². The van der Waals surface area contributed by atoms with Gasteiger partial charge in [-0.1, -0.05) is 13.0 Å². The summed E-state index contributed by atoms with van der Waals surface area (Å²) in [5, 5.41) is 0. The number of benzene rings is 1. The molecule has 0 aromatic heterocycles. The summed E-state index contributed by atoms with van der Waals surface area (Å²) in [6.07, 6.45) is 1.29. The molecule has 96 valence electrons. The predicted molar refractivity (Wildman–Crippen MR) is 61.6 cm³/mol. The minimum Gasteiger partial charge on any atom is -0.330 e. The molecule has 0 bridgehead atoms. The summed E-state index contributed by atoms with van der Waals surface area (Å²) in [6.45, 7) is 2.07. The number of halogens is 2. The summed E-state index contributed by atoms with van der Waals surface area (Å²) < 4.78 is 49.9. The van der Waals surface area contributed by atoms with E-state index < -0.39 is 26.4 Å². The van der Waals surface area contributed by atoms with Crippen molar-refractivity contribution in [2.75, 3.05) is 12.8 Å². The van der Waals surface area contributed by atoms with E-state index in [-0.39, 0.29) is 11.5 Å². The van der Waals surface area contributed by atoms with Crippen LogP contribution in [0.3, 0.4) is 0 Å². The Morgan fingerprint density at radius 1 is 1.35 bits per heavy atom. The van der Waals surface area contributed by atoms with Crippen LogP contribution in [0.1, 0.15) is 24.8 Å². The molecule has 0 saturated heterocycles. The molecular weight excluding hydrogens is 248 g/mol. The third-order valence-corrected chi connectivity index (χ3v) is 3.70. The lowest BCUT2D eigenvalue weighted by molar-refractivity contribution is 0.502. The average Bonchev–Trinajstić information content (AvgIpc) is 2.15. The molecule has 0 fully saturated rings. The van der Waals surface area contributed by atoms with E-state index in [0.29, 0.717) is 13.0 Å². The highest BCUT2D eigenvalue weighted by atomic mass is 32.2. The molecule has 1 aromatic carbocycles. The first-order chi connectivity index (χ1) is 7.79. The van der Waals surface area contributed by atoms with E-state index in [4.69, 9.17) is 5.73 Å². The fourth-order valence-corrected chi connectivity index (χ4v) is 2.54. The van der Waals surface area contributed by atoms with Gasteiger partial charge in [0.1, 0.15) is 16.5 Å². The molecular formula is C11H15F2NO2S. The first-order valence-electron chi connectivity index (χ1n) is 5.17. The summed E-state index contributed by atoms with van der Waals surface area (Å²) in [5.41, 5.74) is 5.53. The van der Waals surface area contributed by atoms with Crippen molar-refractivity contribution in [2.24, 2.45) is 5.73 Å². The van der Waals surface area contributed by atoms with E-state index >= 15 is 0 Å². The van der Waals surface area contributed by atoms with Gasteiger partial charge in [-0.25, -0.2) is 17.2 Å². The summed E-state index contributed by atoms with van der Waals surface area (Å²) >= 11 is 0. The van der Waals surface area contributed by atoms with Crippen LogP contribution in [0.5, 0.6) is 0 Å². The van der Waals surface area contributed by atoms with Gasteiger partial charge >= 0.3 is 0 Å². The van der Waals surface area contributed by atoms with Gasteiger partial charge in [0, 0.05) is 6.26 Å². The van der Waals surface area contributed by atoms with Gasteiger partial charge in [-0.3, -0.25) is 0 Å². The van der Waals surface area contributed by atoms with E-state index in [1.807, 2.05) is 0 Å². The molecule has 0 heterocycles. The second-order valence-electron chi connectivity index (χ2n) is 4.03. The van der Waals surface area contributed by atoms with E-state index in [1.54, 1.807) is 6.92 Å². The van der Waals surface area contributed by atoms with Crippen LogP contribution in [0.15, 0.2) is 17.0 Å². The molecule has 1 atom stereocenters. The van der Waals surface area contributed by atoms with Gasteiger partial charge in [0.15, 0.2) is 9.84 Å². The molecule has 1 rings (SSSR count). The van der Waals surface area contributed by atoms with Crippen molar-refractivity contribution < 1.29 is 17.2 Å². The zero-order valence-corrected chi connectivity index (χ0v) is 10.5. The van der Waals surface area contributed by atoms with Crippen LogP contribution in [-0.4, -0.2) is 21.2 Å². The normalized spacial score (nSPS) is 13.7. The van der Waals surface area contributed by atoms with E-state index in [1.165, 1.54) is 6.07 Å².